The van der Waals surface area contributed by atoms with E-state index < -0.39 is 28.3 Å². The Labute approximate surface area is 202 Å². The number of hydrogen-bond donors (Lipinski definition) is 0. The Morgan fingerprint density at radius 1 is 1.03 bits per heavy atom. The smallest absolute Gasteiger partial charge is 0.269 e. The molecule has 35 heavy (non-hydrogen) atoms. The molecule has 2 aliphatic rings. The number of aryl methyl sites for hydroxylation is 1. The highest BCUT2D eigenvalue weighted by molar-refractivity contribution is 6.04. The molecule has 0 N–H and O–H groups in total. The third kappa shape index (κ3) is 3.29. The number of para-hydroxylation sites is 1. The lowest BCUT2D eigenvalue weighted by atomic mass is 9.69. The largest absolute Gasteiger partial charge is 0.351 e. The molecule has 1 fully saturated rings. The van der Waals surface area contributed by atoms with Crippen LogP contribution in [-0.4, -0.2) is 22.8 Å². The van der Waals surface area contributed by atoms with Gasteiger partial charge in [0.15, 0.2) is 11.2 Å². The Balaban J connectivity index is 1.79. The number of Topliss-reactive ketones (excluding diaryl/α,β-unsaturated/α-hetero) is 1. The maximum absolute atomic E-state index is 14.1. The molecule has 3 aromatic carbocycles. The van der Waals surface area contributed by atoms with Crippen LogP contribution < -0.4 is 4.90 Å². The second-order valence-corrected chi connectivity index (χ2v) is 8.87. The van der Waals surface area contributed by atoms with Crippen molar-refractivity contribution in [3.63, 3.8) is 0 Å². The molecule has 1 unspecified atom stereocenters. The Bertz CT molecular complexity index is 1450. The summed E-state index contributed by atoms with van der Waals surface area (Å²) in [5, 5.41) is 32.4. The van der Waals surface area contributed by atoms with E-state index in [2.05, 4.69) is 12.1 Å². The molecule has 1 saturated heterocycles. The minimum absolute atomic E-state index is 0.158. The Kier molecular flexibility index (Phi) is 5.19. The summed E-state index contributed by atoms with van der Waals surface area (Å²) in [5.41, 5.74) is 1.67. The van der Waals surface area contributed by atoms with Gasteiger partial charge in [-0.15, -0.1) is 0 Å². The van der Waals surface area contributed by atoms with Gasteiger partial charge in [-0.2, -0.15) is 10.5 Å². The number of benzene rings is 3. The van der Waals surface area contributed by atoms with Crippen molar-refractivity contribution in [3.8, 4) is 12.1 Å². The molecule has 0 spiro atoms. The van der Waals surface area contributed by atoms with Crippen molar-refractivity contribution in [2.24, 2.45) is 5.41 Å². The number of anilines is 1. The van der Waals surface area contributed by atoms with Crippen molar-refractivity contribution < 1.29 is 9.72 Å². The highest BCUT2D eigenvalue weighted by Crippen LogP contribution is 2.55. The van der Waals surface area contributed by atoms with Gasteiger partial charge in [0, 0.05) is 29.3 Å². The van der Waals surface area contributed by atoms with Crippen molar-refractivity contribution in [3.05, 3.63) is 111 Å². The van der Waals surface area contributed by atoms with E-state index in [4.69, 9.17) is 0 Å². The van der Waals surface area contributed by atoms with Crippen molar-refractivity contribution in [1.29, 1.82) is 10.5 Å². The first kappa shape index (κ1) is 22.1. The second-order valence-electron chi connectivity index (χ2n) is 8.87. The fourth-order valence-corrected chi connectivity index (χ4v) is 5.33. The maximum Gasteiger partial charge on any atom is 0.269 e. The maximum atomic E-state index is 14.1. The predicted octanol–water partition coefficient (Wildman–Crippen LogP) is 5.19. The van der Waals surface area contributed by atoms with Gasteiger partial charge in [0.25, 0.3) is 5.69 Å². The van der Waals surface area contributed by atoms with Crippen LogP contribution in [0.25, 0.3) is 6.08 Å². The van der Waals surface area contributed by atoms with E-state index in [-0.39, 0.29) is 11.5 Å². The summed E-state index contributed by atoms with van der Waals surface area (Å²) in [6.07, 6.45) is 3.66. The average Bonchev–Trinajstić information content (AvgIpc) is 3.20. The van der Waals surface area contributed by atoms with E-state index in [1.807, 2.05) is 54.3 Å². The summed E-state index contributed by atoms with van der Waals surface area (Å²) in [7, 11) is 0. The van der Waals surface area contributed by atoms with Crippen LogP contribution in [0.1, 0.15) is 33.0 Å². The number of non-ortho nitro benzene ring substituents is 1. The summed E-state index contributed by atoms with van der Waals surface area (Å²) in [6, 6.07) is 23.4. The third-order valence-corrected chi connectivity index (χ3v) is 6.96. The third-order valence-electron chi connectivity index (χ3n) is 6.96. The molecule has 0 saturated carbocycles. The van der Waals surface area contributed by atoms with Gasteiger partial charge in [0.1, 0.15) is 6.04 Å². The number of nitro groups is 1. The van der Waals surface area contributed by atoms with Crippen molar-refractivity contribution in [2.45, 2.75) is 24.9 Å². The number of fused-ring (bicyclic) bond motifs is 3. The number of nitro benzene ring substituents is 1. The number of carbonyl (C=O) groups is 1. The summed E-state index contributed by atoms with van der Waals surface area (Å²) in [5.74, 6) is -1.17. The molecule has 2 heterocycles. The minimum atomic E-state index is -1.65. The monoisotopic (exact) mass is 460 g/mol. The molecule has 2 aliphatic heterocycles. The van der Waals surface area contributed by atoms with Crippen LogP contribution >= 0.6 is 0 Å². The van der Waals surface area contributed by atoms with Crippen LogP contribution in [0.3, 0.4) is 0 Å². The molecule has 3 aromatic rings. The molecule has 170 valence electrons. The van der Waals surface area contributed by atoms with Gasteiger partial charge in [0.2, 0.25) is 0 Å². The van der Waals surface area contributed by atoms with Crippen molar-refractivity contribution in [1.82, 2.24) is 0 Å². The van der Waals surface area contributed by atoms with Gasteiger partial charge in [-0.1, -0.05) is 72.3 Å². The van der Waals surface area contributed by atoms with E-state index in [0.29, 0.717) is 11.1 Å². The highest BCUT2D eigenvalue weighted by atomic mass is 16.6. The summed E-state index contributed by atoms with van der Waals surface area (Å²) < 4.78 is 0. The number of nitrogens with zero attached hydrogens (tertiary/aromatic N) is 4. The molecule has 0 bridgehead atoms. The molecular weight excluding hydrogens is 440 g/mol. The lowest BCUT2D eigenvalue weighted by molar-refractivity contribution is -0.384. The van der Waals surface area contributed by atoms with E-state index >= 15 is 0 Å². The Hall–Kier alpha value is -4.75. The molecule has 7 nitrogen and oxygen atoms in total. The first-order valence-electron chi connectivity index (χ1n) is 11.1. The summed E-state index contributed by atoms with van der Waals surface area (Å²) >= 11 is 0. The van der Waals surface area contributed by atoms with Crippen LogP contribution in [0.2, 0.25) is 0 Å². The summed E-state index contributed by atoms with van der Waals surface area (Å²) in [6.45, 7) is 1.92. The average molecular weight is 460 g/mol. The van der Waals surface area contributed by atoms with E-state index in [1.54, 1.807) is 24.3 Å². The summed E-state index contributed by atoms with van der Waals surface area (Å²) in [4.78, 5) is 27.0. The molecule has 0 radical (unpaired) electrons. The normalized spacial score (nSPS) is 21.3. The van der Waals surface area contributed by atoms with Crippen LogP contribution in [-0.2, 0) is 0 Å². The quantitative estimate of drug-likeness (QED) is 0.301. The van der Waals surface area contributed by atoms with Gasteiger partial charge in [-0.05, 0) is 24.1 Å². The number of rotatable bonds is 4. The zero-order chi connectivity index (χ0) is 24.7. The molecule has 0 amide bonds. The van der Waals surface area contributed by atoms with Gasteiger partial charge >= 0.3 is 0 Å². The van der Waals surface area contributed by atoms with E-state index in [0.717, 1.165) is 16.8 Å². The predicted molar refractivity (Wildman–Crippen MR) is 131 cm³/mol. The van der Waals surface area contributed by atoms with Gasteiger partial charge in [-0.25, -0.2) is 0 Å². The number of hydrogen-bond acceptors (Lipinski definition) is 6. The molecule has 0 aromatic heterocycles. The van der Waals surface area contributed by atoms with E-state index in [1.165, 1.54) is 18.2 Å². The Morgan fingerprint density at radius 2 is 1.74 bits per heavy atom. The molecule has 5 rings (SSSR count). The lowest BCUT2D eigenvalue weighted by Crippen LogP contribution is -2.44. The van der Waals surface area contributed by atoms with Crippen LogP contribution in [0, 0.1) is 45.1 Å². The number of ketones is 1. The highest BCUT2D eigenvalue weighted by Gasteiger charge is 2.63. The molecular formula is C28H20N4O3. The fourth-order valence-electron chi connectivity index (χ4n) is 5.33. The zero-order valence-corrected chi connectivity index (χ0v) is 18.8. The topological polar surface area (TPSA) is 111 Å². The second kappa shape index (κ2) is 8.23. The van der Waals surface area contributed by atoms with Crippen molar-refractivity contribution >= 4 is 23.2 Å². The molecule has 7 heteroatoms. The van der Waals surface area contributed by atoms with Crippen LogP contribution in [0.5, 0.6) is 0 Å². The number of carbonyl (C=O) groups excluding carboxylic acids is 1. The molecule has 3 atom stereocenters. The Morgan fingerprint density at radius 3 is 2.43 bits per heavy atom. The van der Waals surface area contributed by atoms with E-state index in [9.17, 15) is 25.4 Å². The first-order chi connectivity index (χ1) is 16.9. The lowest BCUT2D eigenvalue weighted by Gasteiger charge is -2.35. The minimum Gasteiger partial charge on any atom is -0.351 e. The van der Waals surface area contributed by atoms with Crippen LogP contribution in [0.4, 0.5) is 11.4 Å². The fraction of sp³-hybridized carbons (Fsp3) is 0.179. The zero-order valence-electron chi connectivity index (χ0n) is 18.8. The standard InChI is InChI=1S/C28H20N4O3/c1-18-9-11-20(12-10-18)27(33)26-25(21-6-4-7-22(15-21)32(34)35)28(16-29,17-30)24-14-13-19-5-2-3-8-23(19)31(24)26/h2-15,24-26H,1H3/t24?,25-,26+/m0/s1. The SMILES string of the molecule is Cc1ccc(C(=O)[C@H]2[C@H](c3cccc([N+](=O)[O-])c3)C(C#N)(C#N)C3C=Cc4ccccc4N32)cc1. The van der Waals surface area contributed by atoms with Gasteiger partial charge in [-0.3, -0.25) is 14.9 Å². The number of nitriles is 2. The first-order valence-corrected chi connectivity index (χ1v) is 11.1. The van der Waals surface area contributed by atoms with Gasteiger partial charge in [0.05, 0.1) is 23.1 Å². The van der Waals surface area contributed by atoms with Gasteiger partial charge < -0.3 is 4.90 Å². The van der Waals surface area contributed by atoms with Crippen LogP contribution in [0.15, 0.2) is 78.9 Å². The van der Waals surface area contributed by atoms with Crippen molar-refractivity contribution in [2.75, 3.05) is 4.90 Å². The molecule has 0 aliphatic carbocycles.